The molecule has 92 valence electrons. The van der Waals surface area contributed by atoms with Crippen molar-refractivity contribution < 1.29 is 9.53 Å². The minimum Gasteiger partial charge on any atom is -0.375 e. The summed E-state index contributed by atoms with van der Waals surface area (Å²) in [6.45, 7) is 1.73. The van der Waals surface area contributed by atoms with Crippen LogP contribution in [0.5, 0.6) is 0 Å². The van der Waals surface area contributed by atoms with Crippen molar-refractivity contribution in [1.82, 2.24) is 14.9 Å². The van der Waals surface area contributed by atoms with Gasteiger partial charge in [-0.2, -0.15) is 0 Å². The molecule has 0 aliphatic carbocycles. The Morgan fingerprint density at radius 1 is 1.59 bits per heavy atom. The zero-order chi connectivity index (χ0) is 12.3. The summed E-state index contributed by atoms with van der Waals surface area (Å²) in [5.41, 5.74) is 0. The normalized spacial score (nSPS) is 15.5. The van der Waals surface area contributed by atoms with E-state index in [0.717, 1.165) is 18.9 Å². The van der Waals surface area contributed by atoms with E-state index in [-0.39, 0.29) is 18.6 Å². The number of carbonyl (C=O) groups excluding carboxylic acids is 1. The first-order valence-electron chi connectivity index (χ1n) is 5.48. The van der Waals surface area contributed by atoms with Gasteiger partial charge in [-0.05, 0) is 0 Å². The van der Waals surface area contributed by atoms with E-state index >= 15 is 0 Å². The Balaban J connectivity index is 1.85. The molecule has 17 heavy (non-hydrogen) atoms. The molecule has 0 N–H and O–H groups in total. The maximum Gasteiger partial charge on any atom is 0.248 e. The predicted octanol–water partition coefficient (Wildman–Crippen LogP) is -0.230. The summed E-state index contributed by atoms with van der Waals surface area (Å²) in [5.74, 6) is 0.868. The Kier molecular flexibility index (Phi) is 3.53. The predicted molar refractivity (Wildman–Crippen MR) is 62.7 cm³/mol. The van der Waals surface area contributed by atoms with E-state index < -0.39 is 0 Å². The van der Waals surface area contributed by atoms with E-state index in [1.807, 2.05) is 0 Å². The molecule has 0 unspecified atom stereocenters. The molecule has 0 spiro atoms. The fourth-order valence-electron chi connectivity index (χ4n) is 1.77. The lowest BCUT2D eigenvalue weighted by atomic mass is 10.1. The molecule has 1 aliphatic heterocycles. The Hall–Kier alpha value is -1.69. The lowest BCUT2D eigenvalue weighted by molar-refractivity contribution is -0.136. The Bertz CT molecular complexity index is 378. The molecular weight excluding hydrogens is 220 g/mol. The number of carbonyl (C=O) groups is 1. The molecule has 1 aromatic heterocycles. The van der Waals surface area contributed by atoms with Gasteiger partial charge >= 0.3 is 0 Å². The Morgan fingerprint density at radius 3 is 2.94 bits per heavy atom. The van der Waals surface area contributed by atoms with Crippen LogP contribution in [-0.4, -0.2) is 60.7 Å². The average Bonchev–Trinajstić information content (AvgIpc) is 2.28. The SMILES string of the molecule is COCC(=O)N(C)C1CN(c2cnccn2)C1. The average molecular weight is 236 g/mol. The molecule has 1 fully saturated rings. The Morgan fingerprint density at radius 2 is 2.35 bits per heavy atom. The second-order valence-corrected chi connectivity index (χ2v) is 4.06. The fourth-order valence-corrected chi connectivity index (χ4v) is 1.77. The largest absolute Gasteiger partial charge is 0.375 e. The molecule has 0 bridgehead atoms. The summed E-state index contributed by atoms with van der Waals surface area (Å²) in [6.07, 6.45) is 5.05. The zero-order valence-electron chi connectivity index (χ0n) is 10.0. The van der Waals surface area contributed by atoms with Gasteiger partial charge in [0.1, 0.15) is 12.4 Å². The fraction of sp³-hybridized carbons (Fsp3) is 0.545. The summed E-state index contributed by atoms with van der Waals surface area (Å²) in [4.78, 5) is 23.6. The number of rotatable bonds is 4. The molecule has 1 aromatic rings. The van der Waals surface area contributed by atoms with Crippen LogP contribution in [0.4, 0.5) is 5.82 Å². The van der Waals surface area contributed by atoms with Crippen LogP contribution in [0.2, 0.25) is 0 Å². The highest BCUT2D eigenvalue weighted by Crippen LogP contribution is 2.19. The number of amides is 1. The van der Waals surface area contributed by atoms with Gasteiger partial charge in [-0.3, -0.25) is 9.78 Å². The highest BCUT2D eigenvalue weighted by Gasteiger charge is 2.32. The highest BCUT2D eigenvalue weighted by molar-refractivity contribution is 5.77. The van der Waals surface area contributed by atoms with Crippen molar-refractivity contribution in [2.75, 3.05) is 38.8 Å². The van der Waals surface area contributed by atoms with Crippen LogP contribution >= 0.6 is 0 Å². The molecule has 1 aliphatic rings. The van der Waals surface area contributed by atoms with Crippen LogP contribution in [0.1, 0.15) is 0 Å². The zero-order valence-corrected chi connectivity index (χ0v) is 10.0. The highest BCUT2D eigenvalue weighted by atomic mass is 16.5. The first-order valence-corrected chi connectivity index (χ1v) is 5.48. The number of methoxy groups -OCH3 is 1. The van der Waals surface area contributed by atoms with Crippen LogP contribution in [0, 0.1) is 0 Å². The van der Waals surface area contributed by atoms with Crippen molar-refractivity contribution in [3.8, 4) is 0 Å². The van der Waals surface area contributed by atoms with Crippen LogP contribution in [-0.2, 0) is 9.53 Å². The maximum absolute atomic E-state index is 11.6. The van der Waals surface area contributed by atoms with Crippen molar-refractivity contribution >= 4 is 11.7 Å². The van der Waals surface area contributed by atoms with Gasteiger partial charge in [0.25, 0.3) is 0 Å². The lowest BCUT2D eigenvalue weighted by Gasteiger charge is -2.44. The van der Waals surface area contributed by atoms with Gasteiger partial charge in [0.15, 0.2) is 0 Å². The number of anilines is 1. The van der Waals surface area contributed by atoms with Gasteiger partial charge in [0, 0.05) is 39.6 Å². The molecule has 6 nitrogen and oxygen atoms in total. The van der Waals surface area contributed by atoms with E-state index in [0.29, 0.717) is 0 Å². The summed E-state index contributed by atoms with van der Waals surface area (Å²) in [7, 11) is 3.33. The van der Waals surface area contributed by atoms with Crippen molar-refractivity contribution in [3.63, 3.8) is 0 Å². The van der Waals surface area contributed by atoms with Crippen LogP contribution in [0.3, 0.4) is 0 Å². The number of hydrogen-bond acceptors (Lipinski definition) is 5. The quantitative estimate of drug-likeness (QED) is 0.722. The second kappa shape index (κ2) is 5.09. The standard InChI is InChI=1S/C11H16N4O2/c1-14(11(16)8-17-2)9-6-15(7-9)10-5-12-3-4-13-10/h3-5,9H,6-8H2,1-2H3. The van der Waals surface area contributed by atoms with E-state index in [1.54, 1.807) is 30.5 Å². The summed E-state index contributed by atoms with van der Waals surface area (Å²) in [5, 5.41) is 0. The number of aromatic nitrogens is 2. The van der Waals surface area contributed by atoms with E-state index in [4.69, 9.17) is 4.74 Å². The smallest absolute Gasteiger partial charge is 0.248 e. The molecule has 0 saturated carbocycles. The Labute approximate surface area is 100 Å². The molecule has 2 heterocycles. The van der Waals surface area contributed by atoms with Gasteiger partial charge < -0.3 is 14.5 Å². The summed E-state index contributed by atoms with van der Waals surface area (Å²) < 4.78 is 4.83. The number of ether oxygens (including phenoxy) is 1. The minimum atomic E-state index is 0.0105. The third-order valence-electron chi connectivity index (χ3n) is 2.94. The van der Waals surface area contributed by atoms with Crippen LogP contribution in [0.15, 0.2) is 18.6 Å². The van der Waals surface area contributed by atoms with Gasteiger partial charge in [0.2, 0.25) is 5.91 Å². The molecule has 0 aromatic carbocycles. The van der Waals surface area contributed by atoms with Crippen LogP contribution < -0.4 is 4.90 Å². The molecule has 0 atom stereocenters. The summed E-state index contributed by atoms with van der Waals surface area (Å²) in [6, 6.07) is 0.236. The number of likely N-dealkylation sites (N-methyl/N-ethyl adjacent to an activating group) is 1. The monoisotopic (exact) mass is 236 g/mol. The van der Waals surface area contributed by atoms with E-state index in [9.17, 15) is 4.79 Å². The summed E-state index contributed by atoms with van der Waals surface area (Å²) >= 11 is 0. The molecule has 1 saturated heterocycles. The maximum atomic E-state index is 11.6. The third kappa shape index (κ3) is 2.52. The third-order valence-corrected chi connectivity index (χ3v) is 2.94. The molecule has 2 rings (SSSR count). The van der Waals surface area contributed by atoms with Crippen molar-refractivity contribution in [2.45, 2.75) is 6.04 Å². The number of hydrogen-bond donors (Lipinski definition) is 0. The minimum absolute atomic E-state index is 0.0105. The van der Waals surface area contributed by atoms with Crippen LogP contribution in [0.25, 0.3) is 0 Å². The van der Waals surface area contributed by atoms with Crippen molar-refractivity contribution in [3.05, 3.63) is 18.6 Å². The topological polar surface area (TPSA) is 58.6 Å². The van der Waals surface area contributed by atoms with E-state index in [1.165, 1.54) is 7.11 Å². The van der Waals surface area contributed by atoms with Gasteiger partial charge in [-0.25, -0.2) is 4.98 Å². The lowest BCUT2D eigenvalue weighted by Crippen LogP contribution is -2.60. The number of nitrogens with zero attached hydrogens (tertiary/aromatic N) is 4. The first-order chi connectivity index (χ1) is 8.22. The van der Waals surface area contributed by atoms with Crippen molar-refractivity contribution in [1.29, 1.82) is 0 Å². The van der Waals surface area contributed by atoms with Gasteiger partial charge in [-0.1, -0.05) is 0 Å². The second-order valence-electron chi connectivity index (χ2n) is 4.06. The van der Waals surface area contributed by atoms with Crippen molar-refractivity contribution in [2.24, 2.45) is 0 Å². The molecular formula is C11H16N4O2. The first kappa shape index (κ1) is 11.8. The van der Waals surface area contributed by atoms with Gasteiger partial charge in [0.05, 0.1) is 12.2 Å². The molecule has 0 radical (unpaired) electrons. The molecule has 1 amide bonds. The van der Waals surface area contributed by atoms with Gasteiger partial charge in [-0.15, -0.1) is 0 Å². The van der Waals surface area contributed by atoms with E-state index in [2.05, 4.69) is 14.9 Å². The molecule has 6 heteroatoms.